The number of fused-ring (bicyclic) bond motifs is 1. The molecule has 4 rings (SSSR count). The zero-order chi connectivity index (χ0) is 20.4. The van der Waals surface area contributed by atoms with Crippen LogP contribution in [0, 0.1) is 10.1 Å². The Hall–Kier alpha value is -3.66. The minimum absolute atomic E-state index is 0.139. The van der Waals surface area contributed by atoms with E-state index in [0.29, 0.717) is 5.89 Å². The SMILES string of the molecule is C[C@@H](Sc1nnc(-c2c[nH]c3ccccc23)o1)C(=O)Nc1ccccc1[N+](=O)[O-]. The average molecular weight is 409 g/mol. The Bertz CT molecular complexity index is 1200. The number of nitrogens with one attached hydrogen (secondary N) is 2. The standard InChI is InChI=1S/C19H15N5O4S/c1-11(17(25)21-15-8-4-5-9-16(15)24(26)27)29-19-23-22-18(28-19)13-10-20-14-7-3-2-6-12(13)14/h2-11,20H,1H3,(H,21,25)/t11-/m1/s1. The van der Waals surface area contributed by atoms with Crippen molar-refractivity contribution >= 4 is 39.9 Å². The maximum atomic E-state index is 12.5. The third-order valence-electron chi connectivity index (χ3n) is 4.23. The van der Waals surface area contributed by atoms with E-state index in [1.54, 1.807) is 19.2 Å². The van der Waals surface area contributed by atoms with E-state index >= 15 is 0 Å². The molecule has 10 heteroatoms. The highest BCUT2D eigenvalue weighted by atomic mass is 32.2. The van der Waals surface area contributed by atoms with Crippen molar-refractivity contribution in [2.75, 3.05) is 5.32 Å². The Morgan fingerprint density at radius 1 is 1.21 bits per heavy atom. The number of nitrogens with zero attached hydrogens (tertiary/aromatic N) is 3. The number of H-pyrrole nitrogens is 1. The van der Waals surface area contributed by atoms with Crippen LogP contribution in [0.2, 0.25) is 0 Å². The molecule has 0 aliphatic heterocycles. The predicted octanol–water partition coefficient (Wildman–Crippen LogP) is 4.25. The molecule has 0 radical (unpaired) electrons. The first-order valence-corrected chi connectivity index (χ1v) is 9.52. The van der Waals surface area contributed by atoms with Gasteiger partial charge in [-0.15, -0.1) is 10.2 Å². The third-order valence-corrected chi connectivity index (χ3v) is 5.17. The molecule has 1 amide bonds. The molecular weight excluding hydrogens is 394 g/mol. The van der Waals surface area contributed by atoms with Crippen molar-refractivity contribution in [3.63, 3.8) is 0 Å². The van der Waals surface area contributed by atoms with Gasteiger partial charge >= 0.3 is 0 Å². The van der Waals surface area contributed by atoms with Gasteiger partial charge in [0, 0.05) is 23.2 Å². The minimum Gasteiger partial charge on any atom is -0.411 e. The van der Waals surface area contributed by atoms with Gasteiger partial charge in [0.1, 0.15) is 5.69 Å². The van der Waals surface area contributed by atoms with Crippen molar-refractivity contribution in [3.05, 3.63) is 64.8 Å². The lowest BCUT2D eigenvalue weighted by atomic mass is 10.2. The number of anilines is 1. The first kappa shape index (κ1) is 18.7. The number of nitro benzene ring substituents is 1. The van der Waals surface area contributed by atoms with E-state index in [4.69, 9.17) is 4.42 Å². The molecular formula is C19H15N5O4S. The molecule has 2 aromatic heterocycles. The number of carbonyl (C=O) groups is 1. The largest absolute Gasteiger partial charge is 0.411 e. The summed E-state index contributed by atoms with van der Waals surface area (Å²) in [4.78, 5) is 26.1. The number of aromatic nitrogens is 3. The van der Waals surface area contributed by atoms with Crippen LogP contribution in [0.4, 0.5) is 11.4 Å². The molecule has 1 atom stereocenters. The molecule has 0 bridgehead atoms. The van der Waals surface area contributed by atoms with Gasteiger partial charge in [-0.3, -0.25) is 14.9 Å². The van der Waals surface area contributed by atoms with E-state index < -0.39 is 16.1 Å². The number of rotatable bonds is 6. The molecule has 0 aliphatic rings. The number of carbonyl (C=O) groups excluding carboxylic acids is 1. The molecule has 0 aliphatic carbocycles. The van der Waals surface area contributed by atoms with E-state index in [1.165, 1.54) is 18.2 Å². The number of amides is 1. The normalized spacial score (nSPS) is 12.0. The molecule has 146 valence electrons. The van der Waals surface area contributed by atoms with Crippen LogP contribution in [-0.2, 0) is 4.79 Å². The summed E-state index contributed by atoms with van der Waals surface area (Å²) in [5.41, 5.74) is 1.70. The van der Waals surface area contributed by atoms with Crippen molar-refractivity contribution in [1.82, 2.24) is 15.2 Å². The van der Waals surface area contributed by atoms with Crippen molar-refractivity contribution in [1.29, 1.82) is 0 Å². The number of para-hydroxylation sites is 3. The molecule has 2 N–H and O–H groups in total. The Labute approximate surface area is 168 Å². The molecule has 0 unspecified atom stereocenters. The lowest BCUT2D eigenvalue weighted by molar-refractivity contribution is -0.383. The highest BCUT2D eigenvalue weighted by Gasteiger charge is 2.22. The molecule has 0 fully saturated rings. The van der Waals surface area contributed by atoms with Crippen LogP contribution in [0.3, 0.4) is 0 Å². The van der Waals surface area contributed by atoms with Crippen LogP contribution >= 0.6 is 11.8 Å². The van der Waals surface area contributed by atoms with E-state index in [9.17, 15) is 14.9 Å². The zero-order valence-corrected chi connectivity index (χ0v) is 16.0. The summed E-state index contributed by atoms with van der Waals surface area (Å²) in [6.45, 7) is 1.66. The lowest BCUT2D eigenvalue weighted by Crippen LogP contribution is -2.22. The monoisotopic (exact) mass is 409 g/mol. The van der Waals surface area contributed by atoms with Gasteiger partial charge in [0.25, 0.3) is 16.8 Å². The summed E-state index contributed by atoms with van der Waals surface area (Å²) >= 11 is 1.08. The fraction of sp³-hybridized carbons (Fsp3) is 0.105. The molecule has 4 aromatic rings. The maximum absolute atomic E-state index is 12.5. The van der Waals surface area contributed by atoms with Crippen LogP contribution < -0.4 is 5.32 Å². The van der Waals surface area contributed by atoms with Crippen LogP contribution in [0.5, 0.6) is 0 Å². The fourth-order valence-electron chi connectivity index (χ4n) is 2.79. The highest BCUT2D eigenvalue weighted by molar-refractivity contribution is 8.00. The second-order valence-electron chi connectivity index (χ2n) is 6.14. The van der Waals surface area contributed by atoms with Crippen molar-refractivity contribution in [3.8, 4) is 11.5 Å². The number of hydrogen-bond acceptors (Lipinski definition) is 7. The van der Waals surface area contributed by atoms with Crippen molar-refractivity contribution < 1.29 is 14.1 Å². The quantitative estimate of drug-likeness (QED) is 0.277. The summed E-state index contributed by atoms with van der Waals surface area (Å²) in [5.74, 6) is -0.0626. The first-order valence-electron chi connectivity index (χ1n) is 8.64. The van der Waals surface area contributed by atoms with Gasteiger partial charge in [0.2, 0.25) is 5.91 Å². The van der Waals surface area contributed by atoms with E-state index in [-0.39, 0.29) is 16.6 Å². The first-order chi connectivity index (χ1) is 14.0. The van der Waals surface area contributed by atoms with Gasteiger partial charge < -0.3 is 14.7 Å². The second-order valence-corrected chi connectivity index (χ2v) is 7.44. The lowest BCUT2D eigenvalue weighted by Gasteiger charge is -2.09. The van der Waals surface area contributed by atoms with Crippen LogP contribution in [0.25, 0.3) is 22.4 Å². The van der Waals surface area contributed by atoms with Crippen LogP contribution in [0.1, 0.15) is 6.92 Å². The van der Waals surface area contributed by atoms with Gasteiger partial charge in [-0.1, -0.05) is 42.1 Å². The van der Waals surface area contributed by atoms with Gasteiger partial charge in [-0.25, -0.2) is 0 Å². The predicted molar refractivity (Wildman–Crippen MR) is 109 cm³/mol. The van der Waals surface area contributed by atoms with Gasteiger partial charge in [0.05, 0.1) is 15.7 Å². The molecule has 0 saturated carbocycles. The van der Waals surface area contributed by atoms with Crippen molar-refractivity contribution in [2.45, 2.75) is 17.4 Å². The average Bonchev–Trinajstić information content (AvgIpc) is 3.34. The Balaban J connectivity index is 1.47. The maximum Gasteiger partial charge on any atom is 0.292 e. The molecule has 0 saturated heterocycles. The fourth-order valence-corrected chi connectivity index (χ4v) is 3.48. The summed E-state index contributed by atoms with van der Waals surface area (Å²) in [7, 11) is 0. The zero-order valence-electron chi connectivity index (χ0n) is 15.2. The van der Waals surface area contributed by atoms with Gasteiger partial charge in [-0.05, 0) is 19.1 Å². The summed E-state index contributed by atoms with van der Waals surface area (Å²) in [5, 5.41) is 22.3. The van der Waals surface area contributed by atoms with Crippen LogP contribution in [-0.4, -0.2) is 31.3 Å². The molecule has 2 heterocycles. The Morgan fingerprint density at radius 2 is 1.97 bits per heavy atom. The molecule has 9 nitrogen and oxygen atoms in total. The van der Waals surface area contributed by atoms with E-state index in [1.807, 2.05) is 24.3 Å². The minimum atomic E-state index is -0.605. The summed E-state index contributed by atoms with van der Waals surface area (Å²) < 4.78 is 5.70. The topological polar surface area (TPSA) is 127 Å². The van der Waals surface area contributed by atoms with Gasteiger partial charge in [0.15, 0.2) is 0 Å². The van der Waals surface area contributed by atoms with Crippen LogP contribution in [0.15, 0.2) is 64.4 Å². The molecule has 2 aromatic carbocycles. The molecule has 29 heavy (non-hydrogen) atoms. The smallest absolute Gasteiger partial charge is 0.292 e. The third kappa shape index (κ3) is 3.83. The number of aromatic amines is 1. The van der Waals surface area contributed by atoms with Crippen molar-refractivity contribution in [2.24, 2.45) is 0 Å². The Morgan fingerprint density at radius 3 is 2.79 bits per heavy atom. The highest BCUT2D eigenvalue weighted by Crippen LogP contribution is 2.31. The Kier molecular flexibility index (Phi) is 5.00. The second kappa shape index (κ2) is 7.76. The van der Waals surface area contributed by atoms with E-state index in [2.05, 4.69) is 20.5 Å². The van der Waals surface area contributed by atoms with Gasteiger partial charge in [-0.2, -0.15) is 0 Å². The summed E-state index contributed by atoms with van der Waals surface area (Å²) in [6.07, 6.45) is 1.79. The molecule has 0 spiro atoms. The number of thioether (sulfide) groups is 1. The van der Waals surface area contributed by atoms with E-state index in [0.717, 1.165) is 28.2 Å². The number of nitro groups is 1. The number of benzene rings is 2. The number of hydrogen-bond donors (Lipinski definition) is 2. The summed E-state index contributed by atoms with van der Waals surface area (Å²) in [6, 6.07) is 13.7.